The highest BCUT2D eigenvalue weighted by Crippen LogP contribution is 2.26. The van der Waals surface area contributed by atoms with Crippen molar-refractivity contribution in [3.8, 4) is 5.69 Å². The molecular formula is C20H19F3N4O2. The maximum atomic E-state index is 12.7. The molecule has 3 rings (SSSR count). The first-order valence-corrected chi connectivity index (χ1v) is 8.76. The number of aromatic amines is 1. The molecule has 3 aromatic rings. The van der Waals surface area contributed by atoms with E-state index in [1.165, 1.54) is 11.9 Å². The largest absolute Gasteiger partial charge is 0.431 e. The van der Waals surface area contributed by atoms with Crippen molar-refractivity contribution >= 4 is 5.91 Å². The highest BCUT2D eigenvalue weighted by Gasteiger charge is 2.32. The van der Waals surface area contributed by atoms with Crippen molar-refractivity contribution in [2.24, 2.45) is 0 Å². The van der Waals surface area contributed by atoms with Gasteiger partial charge in [-0.1, -0.05) is 18.2 Å². The van der Waals surface area contributed by atoms with Crippen LogP contribution in [0.15, 0.2) is 47.3 Å². The molecule has 6 nitrogen and oxygen atoms in total. The lowest BCUT2D eigenvalue weighted by Crippen LogP contribution is -2.32. The van der Waals surface area contributed by atoms with E-state index in [4.69, 9.17) is 0 Å². The Hall–Kier alpha value is -3.36. The molecule has 0 atom stereocenters. The molecule has 1 aromatic carbocycles. The number of benzene rings is 1. The van der Waals surface area contributed by atoms with Crippen molar-refractivity contribution in [2.75, 3.05) is 7.05 Å². The third-order valence-electron chi connectivity index (χ3n) is 4.63. The standard InChI is InChI=1S/C20H19F3N4O2/c1-12-16(13(2)27(25-12)14-7-5-4-6-8-14)11-26(3)19(29)15-9-10-17(20(21,22)23)24-18(15)28/h4-10H,11H2,1-3H3,(H,24,28). The zero-order valence-corrected chi connectivity index (χ0v) is 16.0. The summed E-state index contributed by atoms with van der Waals surface area (Å²) in [6.07, 6.45) is -4.69. The molecule has 9 heteroatoms. The normalized spacial score (nSPS) is 11.5. The van der Waals surface area contributed by atoms with Crippen LogP contribution in [0, 0.1) is 13.8 Å². The average molecular weight is 404 g/mol. The molecule has 0 saturated carbocycles. The molecule has 29 heavy (non-hydrogen) atoms. The minimum Gasteiger partial charge on any atom is -0.337 e. The maximum absolute atomic E-state index is 12.7. The number of aryl methyl sites for hydroxylation is 1. The summed E-state index contributed by atoms with van der Waals surface area (Å²) in [5, 5.41) is 4.51. The molecule has 0 spiro atoms. The fourth-order valence-corrected chi connectivity index (χ4v) is 3.05. The third kappa shape index (κ3) is 4.08. The molecular weight excluding hydrogens is 385 g/mol. The van der Waals surface area contributed by atoms with Gasteiger partial charge in [0.15, 0.2) is 0 Å². The van der Waals surface area contributed by atoms with Crippen LogP contribution in [0.3, 0.4) is 0 Å². The molecule has 0 saturated heterocycles. The Balaban J connectivity index is 1.86. The summed E-state index contributed by atoms with van der Waals surface area (Å²) in [6.45, 7) is 3.83. The highest BCUT2D eigenvalue weighted by atomic mass is 19.4. The SMILES string of the molecule is Cc1nn(-c2ccccc2)c(C)c1CN(C)C(=O)c1ccc(C(F)(F)F)[nH]c1=O. The van der Waals surface area contributed by atoms with Gasteiger partial charge in [-0.2, -0.15) is 18.3 Å². The fourth-order valence-electron chi connectivity index (χ4n) is 3.05. The predicted molar refractivity (Wildman–Crippen MR) is 101 cm³/mol. The zero-order valence-electron chi connectivity index (χ0n) is 16.0. The van der Waals surface area contributed by atoms with Gasteiger partial charge in [0, 0.05) is 24.8 Å². The van der Waals surface area contributed by atoms with Crippen molar-refractivity contribution in [3.05, 3.63) is 81.0 Å². The number of carbonyl (C=O) groups excluding carboxylic acids is 1. The van der Waals surface area contributed by atoms with Gasteiger partial charge in [0.1, 0.15) is 11.3 Å². The second kappa shape index (κ2) is 7.57. The van der Waals surface area contributed by atoms with Crippen LogP contribution in [0.25, 0.3) is 5.69 Å². The minimum atomic E-state index is -4.69. The van der Waals surface area contributed by atoms with Gasteiger partial charge in [-0.15, -0.1) is 0 Å². The molecule has 1 amide bonds. The van der Waals surface area contributed by atoms with E-state index in [2.05, 4.69) is 5.10 Å². The lowest BCUT2D eigenvalue weighted by molar-refractivity contribution is -0.141. The number of amides is 1. The summed E-state index contributed by atoms with van der Waals surface area (Å²) in [5.41, 5.74) is 0.580. The number of hydrogen-bond donors (Lipinski definition) is 1. The summed E-state index contributed by atoms with van der Waals surface area (Å²) in [6, 6.07) is 11.1. The van der Waals surface area contributed by atoms with Crippen molar-refractivity contribution in [2.45, 2.75) is 26.6 Å². The molecule has 152 valence electrons. The fraction of sp³-hybridized carbons (Fsp3) is 0.250. The number of rotatable bonds is 4. The number of H-pyrrole nitrogens is 1. The minimum absolute atomic E-state index is 0.157. The molecule has 0 aliphatic rings. The lowest BCUT2D eigenvalue weighted by atomic mass is 10.1. The first-order valence-electron chi connectivity index (χ1n) is 8.76. The van der Waals surface area contributed by atoms with Crippen LogP contribution in [-0.4, -0.2) is 32.6 Å². The summed E-state index contributed by atoms with van der Waals surface area (Å²) < 4.78 is 39.9. The van der Waals surface area contributed by atoms with Gasteiger partial charge in [-0.25, -0.2) is 4.68 Å². The van der Waals surface area contributed by atoms with Crippen LogP contribution >= 0.6 is 0 Å². The zero-order chi connectivity index (χ0) is 21.3. The first kappa shape index (κ1) is 20.4. The second-order valence-corrected chi connectivity index (χ2v) is 6.67. The van der Waals surface area contributed by atoms with Crippen LogP contribution in [0.4, 0.5) is 13.2 Å². The van der Waals surface area contributed by atoms with Crippen molar-refractivity contribution in [3.63, 3.8) is 0 Å². The quantitative estimate of drug-likeness (QED) is 0.724. The van der Waals surface area contributed by atoms with E-state index >= 15 is 0 Å². The van der Waals surface area contributed by atoms with Crippen LogP contribution in [0.1, 0.15) is 33.0 Å². The third-order valence-corrected chi connectivity index (χ3v) is 4.63. The maximum Gasteiger partial charge on any atom is 0.431 e. The van der Waals surface area contributed by atoms with Gasteiger partial charge in [-0.3, -0.25) is 9.59 Å². The van der Waals surface area contributed by atoms with Gasteiger partial charge in [0.25, 0.3) is 11.5 Å². The van der Waals surface area contributed by atoms with Gasteiger partial charge in [0.05, 0.1) is 11.4 Å². The molecule has 1 N–H and O–H groups in total. The monoisotopic (exact) mass is 404 g/mol. The molecule has 2 aromatic heterocycles. The number of pyridine rings is 1. The van der Waals surface area contributed by atoms with E-state index in [1.807, 2.05) is 44.2 Å². The Labute approximate surface area is 164 Å². The van der Waals surface area contributed by atoms with E-state index in [-0.39, 0.29) is 12.1 Å². The number of nitrogens with one attached hydrogen (secondary N) is 1. The molecule has 0 aliphatic heterocycles. The van der Waals surface area contributed by atoms with E-state index in [9.17, 15) is 22.8 Å². The van der Waals surface area contributed by atoms with Gasteiger partial charge < -0.3 is 9.88 Å². The number of carbonyl (C=O) groups is 1. The molecule has 2 heterocycles. The molecule has 0 aliphatic carbocycles. The topological polar surface area (TPSA) is 71.0 Å². The van der Waals surface area contributed by atoms with Crippen molar-refractivity contribution < 1.29 is 18.0 Å². The number of hydrogen-bond acceptors (Lipinski definition) is 3. The van der Waals surface area contributed by atoms with E-state index in [0.717, 1.165) is 23.0 Å². The van der Waals surface area contributed by atoms with Gasteiger partial charge in [-0.05, 0) is 38.1 Å². The van der Waals surface area contributed by atoms with Crippen LogP contribution < -0.4 is 5.56 Å². The number of alkyl halides is 3. The van der Waals surface area contributed by atoms with E-state index in [0.29, 0.717) is 11.8 Å². The smallest absolute Gasteiger partial charge is 0.337 e. The highest BCUT2D eigenvalue weighted by molar-refractivity contribution is 5.93. The summed E-state index contributed by atoms with van der Waals surface area (Å²) in [4.78, 5) is 27.6. The Kier molecular flexibility index (Phi) is 5.32. The lowest BCUT2D eigenvalue weighted by Gasteiger charge is -2.17. The Bertz CT molecular complexity index is 1100. The number of halogens is 3. The Morgan fingerprint density at radius 1 is 1.14 bits per heavy atom. The van der Waals surface area contributed by atoms with Crippen LogP contribution in [0.5, 0.6) is 0 Å². The molecule has 0 bridgehead atoms. The van der Waals surface area contributed by atoms with Crippen molar-refractivity contribution in [1.29, 1.82) is 0 Å². The summed E-state index contributed by atoms with van der Waals surface area (Å²) in [5.74, 6) is -0.675. The summed E-state index contributed by atoms with van der Waals surface area (Å²) in [7, 11) is 1.48. The van der Waals surface area contributed by atoms with E-state index < -0.39 is 23.3 Å². The molecule has 0 radical (unpaired) electrons. The molecule has 0 unspecified atom stereocenters. The van der Waals surface area contributed by atoms with E-state index in [1.54, 1.807) is 9.67 Å². The van der Waals surface area contributed by atoms with Crippen LogP contribution in [-0.2, 0) is 12.7 Å². The van der Waals surface area contributed by atoms with Gasteiger partial charge >= 0.3 is 6.18 Å². The van der Waals surface area contributed by atoms with Crippen molar-refractivity contribution in [1.82, 2.24) is 19.7 Å². The Morgan fingerprint density at radius 3 is 2.38 bits per heavy atom. The molecule has 0 fully saturated rings. The average Bonchev–Trinajstić information content (AvgIpc) is 2.95. The summed E-state index contributed by atoms with van der Waals surface area (Å²) >= 11 is 0. The number of aromatic nitrogens is 3. The number of nitrogens with zero attached hydrogens (tertiary/aromatic N) is 3. The first-order chi connectivity index (χ1) is 13.6. The Morgan fingerprint density at radius 2 is 1.79 bits per heavy atom. The number of para-hydroxylation sites is 1. The van der Waals surface area contributed by atoms with Gasteiger partial charge in [0.2, 0.25) is 0 Å². The second-order valence-electron chi connectivity index (χ2n) is 6.67. The predicted octanol–water partition coefficient (Wildman–Crippen LogP) is 3.47. The van der Waals surface area contributed by atoms with Crippen LogP contribution in [0.2, 0.25) is 0 Å².